The minimum atomic E-state index is -0.365. The van der Waals surface area contributed by atoms with Crippen LogP contribution in [0.25, 0.3) is 10.6 Å². The normalized spacial score (nSPS) is 17.8. The zero-order valence-electron chi connectivity index (χ0n) is 17.6. The van der Waals surface area contributed by atoms with Gasteiger partial charge in [-0.15, -0.1) is 11.3 Å². The maximum atomic E-state index is 14.8. The van der Waals surface area contributed by atoms with E-state index >= 15 is 0 Å². The fourth-order valence-electron chi connectivity index (χ4n) is 3.38. The highest BCUT2D eigenvalue weighted by molar-refractivity contribution is 7.13. The van der Waals surface area contributed by atoms with Gasteiger partial charge in [-0.2, -0.15) is 5.10 Å². The molecule has 4 N–H and O–H groups in total. The summed E-state index contributed by atoms with van der Waals surface area (Å²) in [6.07, 6.45) is 9.15. The summed E-state index contributed by atoms with van der Waals surface area (Å²) >= 11 is 1.33. The van der Waals surface area contributed by atoms with Crippen LogP contribution in [0.4, 0.5) is 4.39 Å². The summed E-state index contributed by atoms with van der Waals surface area (Å²) in [6, 6.07) is -0.00439. The second-order valence-electron chi connectivity index (χ2n) is 7.39. The van der Waals surface area contributed by atoms with E-state index in [-0.39, 0.29) is 36.6 Å². The number of aliphatic hydroxyl groups is 1. The predicted octanol–water partition coefficient (Wildman–Crippen LogP) is 2.30. The van der Waals surface area contributed by atoms with Crippen LogP contribution in [0.2, 0.25) is 0 Å². The van der Waals surface area contributed by atoms with Crippen LogP contribution in [0.15, 0.2) is 41.4 Å². The topological polar surface area (TPSA) is 109 Å². The number of aliphatic hydroxyl groups excluding tert-OH is 1. The summed E-state index contributed by atoms with van der Waals surface area (Å²) in [6.45, 7) is 3.67. The number of hydrogen-bond donors (Lipinski definition) is 3. The lowest BCUT2D eigenvalue weighted by Crippen LogP contribution is -2.44. The molecule has 1 saturated heterocycles. The number of carbonyl (C=O) groups is 1. The quantitative estimate of drug-likeness (QED) is 0.508. The molecule has 0 bridgehead atoms. The lowest BCUT2D eigenvalue weighted by Gasteiger charge is -2.34. The highest BCUT2D eigenvalue weighted by Crippen LogP contribution is 2.23. The Morgan fingerprint density at radius 2 is 2.35 bits per heavy atom. The molecule has 0 unspecified atom stereocenters. The molecule has 31 heavy (non-hydrogen) atoms. The number of rotatable bonds is 9. The van der Waals surface area contributed by atoms with Crippen molar-refractivity contribution in [1.82, 2.24) is 25.0 Å². The molecule has 1 amide bonds. The zero-order chi connectivity index (χ0) is 22.2. The van der Waals surface area contributed by atoms with E-state index in [4.69, 9.17) is 10.8 Å². The van der Waals surface area contributed by atoms with E-state index in [1.165, 1.54) is 17.4 Å². The Labute approximate surface area is 185 Å². The molecule has 0 aromatic carbocycles. The predicted molar refractivity (Wildman–Crippen MR) is 119 cm³/mol. The summed E-state index contributed by atoms with van der Waals surface area (Å²) in [7, 11) is 0. The van der Waals surface area contributed by atoms with Crippen molar-refractivity contribution < 1.29 is 14.3 Å². The molecular weight excluding hydrogens is 419 g/mol. The zero-order valence-corrected chi connectivity index (χ0v) is 18.4. The van der Waals surface area contributed by atoms with Crippen molar-refractivity contribution in [2.75, 3.05) is 26.2 Å². The molecule has 1 atom stereocenters. The number of thiazole rings is 1. The minimum Gasteiger partial charge on any atom is -0.394 e. The second-order valence-corrected chi connectivity index (χ2v) is 8.25. The summed E-state index contributed by atoms with van der Waals surface area (Å²) in [4.78, 5) is 19.0. The van der Waals surface area contributed by atoms with Crippen molar-refractivity contribution in [3.8, 4) is 10.6 Å². The highest BCUT2D eigenvalue weighted by Gasteiger charge is 2.22. The molecular formula is C21H29FN6O2S. The van der Waals surface area contributed by atoms with Gasteiger partial charge in [0.2, 0.25) is 0 Å². The Kier molecular flexibility index (Phi) is 8.33. The van der Waals surface area contributed by atoms with Crippen molar-refractivity contribution in [2.45, 2.75) is 38.8 Å². The van der Waals surface area contributed by atoms with Gasteiger partial charge >= 0.3 is 0 Å². The number of nitrogens with two attached hydrogens (primary N) is 1. The average molecular weight is 449 g/mol. The number of likely N-dealkylation sites (tertiary alicyclic amines) is 1. The van der Waals surface area contributed by atoms with Crippen LogP contribution in [0.3, 0.4) is 0 Å². The third-order valence-corrected chi connectivity index (χ3v) is 5.87. The molecule has 3 heterocycles. The Morgan fingerprint density at radius 1 is 1.52 bits per heavy atom. The van der Waals surface area contributed by atoms with Gasteiger partial charge in [-0.1, -0.05) is 13.0 Å². The van der Waals surface area contributed by atoms with E-state index in [1.54, 1.807) is 28.5 Å². The number of nitrogens with zero attached hydrogens (tertiary/aromatic N) is 4. The number of piperidine rings is 1. The van der Waals surface area contributed by atoms with Crippen molar-refractivity contribution in [3.63, 3.8) is 0 Å². The van der Waals surface area contributed by atoms with E-state index in [0.717, 1.165) is 24.8 Å². The van der Waals surface area contributed by atoms with Crippen molar-refractivity contribution in [1.29, 1.82) is 0 Å². The fraction of sp³-hybridized carbons (Fsp3) is 0.476. The van der Waals surface area contributed by atoms with E-state index in [2.05, 4.69) is 15.4 Å². The number of allylic oxidation sites excluding steroid dienone is 3. The molecule has 0 aliphatic carbocycles. The Morgan fingerprint density at radius 3 is 3.10 bits per heavy atom. The van der Waals surface area contributed by atoms with Gasteiger partial charge in [-0.3, -0.25) is 9.48 Å². The average Bonchev–Trinajstić information content (AvgIpc) is 3.42. The first kappa shape index (κ1) is 23.1. The first-order chi connectivity index (χ1) is 15.0. The number of amides is 1. The number of hydrogen-bond acceptors (Lipinski definition) is 7. The smallest absolute Gasteiger partial charge is 0.271 e. The van der Waals surface area contributed by atoms with E-state index in [9.17, 15) is 9.18 Å². The lowest BCUT2D eigenvalue weighted by molar-refractivity contribution is 0.0948. The molecule has 1 aliphatic rings. The first-order valence-electron chi connectivity index (χ1n) is 10.4. The van der Waals surface area contributed by atoms with E-state index in [0.29, 0.717) is 30.3 Å². The third kappa shape index (κ3) is 6.22. The molecule has 0 saturated carbocycles. The minimum absolute atomic E-state index is 0.00439. The highest BCUT2D eigenvalue weighted by atomic mass is 32.1. The van der Waals surface area contributed by atoms with Crippen LogP contribution in [-0.4, -0.2) is 63.0 Å². The number of aromatic nitrogens is 3. The van der Waals surface area contributed by atoms with Gasteiger partial charge in [0.05, 0.1) is 31.6 Å². The SMILES string of the molecule is CC/C=C\C(F)=C(/CNC(=O)c1csc(-c2cnn(CCO)c2)n1)N1CCC[C@@H](N)C1. The van der Waals surface area contributed by atoms with Crippen molar-refractivity contribution >= 4 is 17.2 Å². The van der Waals surface area contributed by atoms with E-state index < -0.39 is 0 Å². The summed E-state index contributed by atoms with van der Waals surface area (Å²) in [5, 5.41) is 18.3. The Bertz CT molecular complexity index is 938. The summed E-state index contributed by atoms with van der Waals surface area (Å²) in [5.74, 6) is -0.720. The van der Waals surface area contributed by atoms with Crippen LogP contribution in [0, 0.1) is 0 Å². The third-order valence-electron chi connectivity index (χ3n) is 4.98. The van der Waals surface area contributed by atoms with Gasteiger partial charge in [0.25, 0.3) is 5.91 Å². The molecule has 1 fully saturated rings. The van der Waals surface area contributed by atoms with Gasteiger partial charge < -0.3 is 21.1 Å². The van der Waals surface area contributed by atoms with Crippen molar-refractivity contribution in [2.24, 2.45) is 5.73 Å². The maximum Gasteiger partial charge on any atom is 0.271 e. The molecule has 168 valence electrons. The number of nitrogens with one attached hydrogen (secondary N) is 1. The molecule has 8 nitrogen and oxygen atoms in total. The summed E-state index contributed by atoms with van der Waals surface area (Å²) in [5.41, 5.74) is 7.55. The van der Waals surface area contributed by atoms with Crippen LogP contribution in [0.1, 0.15) is 36.7 Å². The Hall–Kier alpha value is -2.56. The summed E-state index contributed by atoms with van der Waals surface area (Å²) < 4.78 is 16.4. The number of carbonyl (C=O) groups excluding carboxylic acids is 1. The maximum absolute atomic E-state index is 14.8. The van der Waals surface area contributed by atoms with Gasteiger partial charge in [-0.05, 0) is 25.3 Å². The Balaban J connectivity index is 1.69. The largest absolute Gasteiger partial charge is 0.394 e. The standard InChI is InChI=1S/C21H29FN6O2S/c1-2-3-6-17(22)19(27-7-4-5-16(23)13-27)11-24-20(30)18-14-31-21(26-18)15-10-25-28(12-15)8-9-29/h3,6,10,12,14,16,29H,2,4-5,7-9,11,13,23H2,1H3,(H,24,30)/b6-3-,19-17-/t16-/m1/s1. The van der Waals surface area contributed by atoms with Gasteiger partial charge in [-0.25, -0.2) is 9.37 Å². The van der Waals surface area contributed by atoms with Crippen LogP contribution >= 0.6 is 11.3 Å². The van der Waals surface area contributed by atoms with Crippen molar-refractivity contribution in [3.05, 3.63) is 47.1 Å². The van der Waals surface area contributed by atoms with Crippen LogP contribution in [0.5, 0.6) is 0 Å². The van der Waals surface area contributed by atoms with Gasteiger partial charge in [0, 0.05) is 36.3 Å². The first-order valence-corrected chi connectivity index (χ1v) is 11.3. The van der Waals surface area contributed by atoms with Crippen LogP contribution < -0.4 is 11.1 Å². The fourth-order valence-corrected chi connectivity index (χ4v) is 4.16. The van der Waals surface area contributed by atoms with E-state index in [1.807, 2.05) is 11.8 Å². The second kappa shape index (κ2) is 11.2. The number of halogens is 1. The molecule has 0 radical (unpaired) electrons. The molecule has 1 aliphatic heterocycles. The molecule has 2 aromatic heterocycles. The van der Waals surface area contributed by atoms with Crippen LogP contribution in [-0.2, 0) is 6.54 Å². The monoisotopic (exact) mass is 448 g/mol. The molecule has 10 heteroatoms. The lowest BCUT2D eigenvalue weighted by atomic mass is 10.1. The molecule has 3 rings (SSSR count). The van der Waals surface area contributed by atoms with Gasteiger partial charge in [0.15, 0.2) is 0 Å². The molecule has 0 spiro atoms. The van der Waals surface area contributed by atoms with Gasteiger partial charge in [0.1, 0.15) is 16.5 Å². The molecule has 2 aromatic rings.